The number of halogens is 3. The summed E-state index contributed by atoms with van der Waals surface area (Å²) in [4.78, 5) is 11.5. The minimum atomic E-state index is -5.01. The SMILES string of the molecule is CCOc1cc(/C=C2\CCCCC(C(=O)C(F)(F)F)=C2O)ccc1O. The summed E-state index contributed by atoms with van der Waals surface area (Å²) in [5, 5.41) is 19.9. The summed E-state index contributed by atoms with van der Waals surface area (Å²) in [7, 11) is 0. The topological polar surface area (TPSA) is 66.8 Å². The standard InChI is InChI=1S/C18H19F3O4/c1-2-25-15-10-11(7-8-14(15)22)9-12-5-3-4-6-13(16(12)23)17(24)18(19,20)21/h7-10,22-23H,2-6H2,1H3/b12-9+. The summed E-state index contributed by atoms with van der Waals surface area (Å²) in [6.07, 6.45) is -2.32. The van der Waals surface area contributed by atoms with Crippen molar-refractivity contribution in [1.29, 1.82) is 0 Å². The fourth-order valence-electron chi connectivity index (χ4n) is 2.67. The lowest BCUT2D eigenvalue weighted by Gasteiger charge is -2.11. The second kappa shape index (κ2) is 7.63. The van der Waals surface area contributed by atoms with Crippen molar-refractivity contribution in [3.8, 4) is 11.5 Å². The van der Waals surface area contributed by atoms with Gasteiger partial charge in [0.05, 0.1) is 6.61 Å². The average Bonchev–Trinajstić information content (AvgIpc) is 2.71. The zero-order valence-corrected chi connectivity index (χ0v) is 13.7. The lowest BCUT2D eigenvalue weighted by atomic mass is 10.0. The van der Waals surface area contributed by atoms with Gasteiger partial charge in [-0.2, -0.15) is 13.2 Å². The van der Waals surface area contributed by atoms with Crippen LogP contribution in [-0.2, 0) is 4.79 Å². The van der Waals surface area contributed by atoms with Crippen LogP contribution in [0.4, 0.5) is 13.2 Å². The number of phenolic OH excluding ortho intramolecular Hbond substituents is 1. The van der Waals surface area contributed by atoms with Crippen molar-refractivity contribution in [2.75, 3.05) is 6.61 Å². The molecule has 0 unspecified atom stereocenters. The van der Waals surface area contributed by atoms with Crippen LogP contribution in [0.1, 0.15) is 38.2 Å². The highest BCUT2D eigenvalue weighted by Crippen LogP contribution is 2.34. The molecule has 0 saturated heterocycles. The van der Waals surface area contributed by atoms with E-state index in [4.69, 9.17) is 4.74 Å². The molecule has 0 amide bonds. The lowest BCUT2D eigenvalue weighted by Crippen LogP contribution is -2.25. The van der Waals surface area contributed by atoms with E-state index in [1.54, 1.807) is 13.0 Å². The molecule has 0 aromatic heterocycles. The van der Waals surface area contributed by atoms with Crippen LogP contribution < -0.4 is 4.74 Å². The molecule has 4 nitrogen and oxygen atoms in total. The number of allylic oxidation sites excluding steroid dienone is 2. The van der Waals surface area contributed by atoms with Crippen LogP contribution in [0.2, 0.25) is 0 Å². The molecule has 0 heterocycles. The number of rotatable bonds is 4. The Kier molecular flexibility index (Phi) is 5.77. The first-order chi connectivity index (χ1) is 11.7. The van der Waals surface area contributed by atoms with Crippen molar-refractivity contribution < 1.29 is 32.9 Å². The maximum atomic E-state index is 12.7. The summed E-state index contributed by atoms with van der Waals surface area (Å²) in [5.74, 6) is -2.43. The van der Waals surface area contributed by atoms with Crippen molar-refractivity contribution in [3.63, 3.8) is 0 Å². The number of Topliss-reactive ketones (excluding diaryl/α,β-unsaturated/α-hetero) is 1. The highest BCUT2D eigenvalue weighted by Gasteiger charge is 2.42. The zero-order valence-electron chi connectivity index (χ0n) is 13.7. The van der Waals surface area contributed by atoms with E-state index in [1.807, 2.05) is 0 Å². The molecule has 0 radical (unpaired) electrons. The predicted octanol–water partition coefficient (Wildman–Crippen LogP) is 4.69. The fraction of sp³-hybridized carbons (Fsp3) is 0.389. The van der Waals surface area contributed by atoms with Crippen molar-refractivity contribution >= 4 is 11.9 Å². The molecule has 2 rings (SSSR count). The van der Waals surface area contributed by atoms with Crippen LogP contribution >= 0.6 is 0 Å². The fourth-order valence-corrected chi connectivity index (χ4v) is 2.67. The molecule has 25 heavy (non-hydrogen) atoms. The molecule has 0 aliphatic heterocycles. The quantitative estimate of drug-likeness (QED) is 0.821. The van der Waals surface area contributed by atoms with E-state index in [9.17, 15) is 28.2 Å². The number of carbonyl (C=O) groups excluding carboxylic acids is 1. The summed E-state index contributed by atoms with van der Waals surface area (Å²) in [5.41, 5.74) is 0.210. The minimum absolute atomic E-state index is 0.0578. The van der Waals surface area contributed by atoms with Gasteiger partial charge in [0.2, 0.25) is 0 Å². The van der Waals surface area contributed by atoms with Gasteiger partial charge in [0.25, 0.3) is 5.78 Å². The number of carbonyl (C=O) groups is 1. The first-order valence-electron chi connectivity index (χ1n) is 7.94. The number of benzene rings is 1. The van der Waals surface area contributed by atoms with Gasteiger partial charge in [-0.15, -0.1) is 0 Å². The summed E-state index contributed by atoms with van der Waals surface area (Å²) in [6, 6.07) is 4.47. The van der Waals surface area contributed by atoms with Crippen LogP contribution in [0, 0.1) is 0 Å². The summed E-state index contributed by atoms with van der Waals surface area (Å²) < 4.78 is 43.4. The highest BCUT2D eigenvalue weighted by molar-refractivity contribution is 6.00. The number of aliphatic hydroxyl groups is 1. The summed E-state index contributed by atoms with van der Waals surface area (Å²) in [6.45, 7) is 2.09. The Bertz CT molecular complexity index is 718. The summed E-state index contributed by atoms with van der Waals surface area (Å²) >= 11 is 0. The Morgan fingerprint density at radius 2 is 1.92 bits per heavy atom. The van der Waals surface area contributed by atoms with Gasteiger partial charge in [-0.1, -0.05) is 6.07 Å². The second-order valence-corrected chi connectivity index (χ2v) is 5.69. The van der Waals surface area contributed by atoms with E-state index in [0.29, 0.717) is 31.4 Å². The first kappa shape index (κ1) is 18.9. The monoisotopic (exact) mass is 356 g/mol. The number of aromatic hydroxyl groups is 1. The van der Waals surface area contributed by atoms with E-state index in [-0.39, 0.29) is 23.5 Å². The van der Waals surface area contributed by atoms with E-state index in [0.717, 1.165) is 0 Å². The van der Waals surface area contributed by atoms with Gasteiger partial charge in [-0.3, -0.25) is 4.79 Å². The van der Waals surface area contributed by atoms with Gasteiger partial charge < -0.3 is 14.9 Å². The number of phenols is 1. The van der Waals surface area contributed by atoms with Crippen LogP contribution in [0.3, 0.4) is 0 Å². The van der Waals surface area contributed by atoms with Crippen molar-refractivity contribution in [2.45, 2.75) is 38.8 Å². The number of aliphatic hydroxyl groups excluding tert-OH is 1. The molecule has 0 spiro atoms. The van der Waals surface area contributed by atoms with E-state index < -0.39 is 23.3 Å². The Hall–Kier alpha value is -2.44. The maximum Gasteiger partial charge on any atom is 0.454 e. The Labute approximate surface area is 143 Å². The first-order valence-corrected chi connectivity index (χ1v) is 7.94. The van der Waals surface area contributed by atoms with Crippen molar-refractivity contribution in [1.82, 2.24) is 0 Å². The van der Waals surface area contributed by atoms with Crippen molar-refractivity contribution in [2.24, 2.45) is 0 Å². The Balaban J connectivity index is 2.44. The van der Waals surface area contributed by atoms with Crippen LogP contribution in [0.15, 0.2) is 35.1 Å². The van der Waals surface area contributed by atoms with E-state index in [2.05, 4.69) is 0 Å². The molecule has 1 aromatic rings. The molecule has 0 saturated carbocycles. The smallest absolute Gasteiger partial charge is 0.454 e. The number of ketones is 1. The normalized spacial score (nSPS) is 17.5. The largest absolute Gasteiger partial charge is 0.507 e. The molecule has 0 bridgehead atoms. The molecule has 1 aliphatic rings. The molecule has 7 heteroatoms. The Morgan fingerprint density at radius 3 is 2.56 bits per heavy atom. The Morgan fingerprint density at radius 1 is 1.24 bits per heavy atom. The van der Waals surface area contributed by atoms with Crippen LogP contribution in [0.5, 0.6) is 11.5 Å². The van der Waals surface area contributed by atoms with E-state index >= 15 is 0 Å². The predicted molar refractivity (Wildman–Crippen MR) is 86.4 cm³/mol. The van der Waals surface area contributed by atoms with Gasteiger partial charge in [0, 0.05) is 5.57 Å². The highest BCUT2D eigenvalue weighted by atomic mass is 19.4. The molecular formula is C18H19F3O4. The third-order valence-corrected chi connectivity index (χ3v) is 3.87. The lowest BCUT2D eigenvalue weighted by molar-refractivity contribution is -0.166. The van der Waals surface area contributed by atoms with E-state index in [1.165, 1.54) is 18.2 Å². The second-order valence-electron chi connectivity index (χ2n) is 5.69. The number of ether oxygens (including phenoxy) is 1. The average molecular weight is 356 g/mol. The molecule has 1 aromatic carbocycles. The molecule has 136 valence electrons. The van der Waals surface area contributed by atoms with Gasteiger partial charge in [0.1, 0.15) is 5.76 Å². The maximum absolute atomic E-state index is 12.7. The molecule has 2 N–H and O–H groups in total. The molecular weight excluding hydrogens is 337 g/mol. The van der Waals surface area contributed by atoms with Gasteiger partial charge in [0.15, 0.2) is 11.5 Å². The molecule has 0 fully saturated rings. The third kappa shape index (κ3) is 4.55. The zero-order chi connectivity index (χ0) is 18.6. The third-order valence-electron chi connectivity index (χ3n) is 3.87. The minimum Gasteiger partial charge on any atom is -0.507 e. The van der Waals surface area contributed by atoms with Crippen molar-refractivity contribution in [3.05, 3.63) is 40.7 Å². The molecule has 0 atom stereocenters. The van der Waals surface area contributed by atoms with Crippen LogP contribution in [0.25, 0.3) is 6.08 Å². The number of hydrogen-bond donors (Lipinski definition) is 2. The number of alkyl halides is 3. The van der Waals surface area contributed by atoms with Gasteiger partial charge in [-0.25, -0.2) is 0 Å². The van der Waals surface area contributed by atoms with Crippen LogP contribution in [-0.4, -0.2) is 28.8 Å². The van der Waals surface area contributed by atoms with Gasteiger partial charge >= 0.3 is 6.18 Å². The van der Waals surface area contributed by atoms with Gasteiger partial charge in [-0.05, 0) is 62.0 Å². The molecule has 1 aliphatic carbocycles. The number of hydrogen-bond acceptors (Lipinski definition) is 4.